The molecule has 0 atom stereocenters. The molecule has 0 spiro atoms. The molecule has 144 valence electrons. The van der Waals surface area contributed by atoms with Crippen LogP contribution in [-0.2, 0) is 6.54 Å². The summed E-state index contributed by atoms with van der Waals surface area (Å²) in [5.41, 5.74) is 2.05. The lowest BCUT2D eigenvalue weighted by molar-refractivity contribution is 0.0950. The highest BCUT2D eigenvalue weighted by Crippen LogP contribution is 2.27. The average molecular weight is 399 g/mol. The minimum Gasteiger partial charge on any atom is -0.493 e. The van der Waals surface area contributed by atoms with Crippen molar-refractivity contribution < 1.29 is 14.3 Å². The zero-order valence-corrected chi connectivity index (χ0v) is 16.2. The minimum atomic E-state index is -0.271. The fourth-order valence-corrected chi connectivity index (χ4v) is 2.57. The molecule has 3 aromatic rings. The quantitative estimate of drug-likeness (QED) is 0.629. The molecule has 0 aliphatic carbocycles. The number of hydrogen-bond acceptors (Lipinski definition) is 6. The van der Waals surface area contributed by atoms with Crippen molar-refractivity contribution in [2.75, 3.05) is 19.5 Å². The molecule has 0 fully saturated rings. The summed E-state index contributed by atoms with van der Waals surface area (Å²) < 4.78 is 10.5. The van der Waals surface area contributed by atoms with E-state index in [-0.39, 0.29) is 5.91 Å². The van der Waals surface area contributed by atoms with Gasteiger partial charge in [-0.05, 0) is 42.0 Å². The maximum Gasteiger partial charge on any atom is 0.254 e. The molecular formula is C20H19ClN4O3. The normalized spacial score (nSPS) is 10.2. The number of methoxy groups -OCH3 is 2. The van der Waals surface area contributed by atoms with Gasteiger partial charge in [-0.15, -0.1) is 0 Å². The van der Waals surface area contributed by atoms with E-state index in [4.69, 9.17) is 21.1 Å². The number of nitrogens with zero attached hydrogens (tertiary/aromatic N) is 2. The van der Waals surface area contributed by atoms with Crippen molar-refractivity contribution in [1.82, 2.24) is 15.3 Å². The number of carbonyl (C=O) groups is 1. The highest BCUT2D eigenvalue weighted by atomic mass is 35.5. The number of hydrogen-bond donors (Lipinski definition) is 2. The van der Waals surface area contributed by atoms with Crippen LogP contribution in [-0.4, -0.2) is 30.1 Å². The van der Waals surface area contributed by atoms with Crippen LogP contribution in [0.1, 0.15) is 15.9 Å². The first-order valence-electron chi connectivity index (χ1n) is 8.43. The summed E-state index contributed by atoms with van der Waals surface area (Å²) in [5.74, 6) is 1.36. The molecule has 1 heterocycles. The number of ether oxygens (including phenoxy) is 2. The summed E-state index contributed by atoms with van der Waals surface area (Å²) in [6.07, 6.45) is 2.93. The lowest BCUT2D eigenvalue weighted by atomic mass is 10.2. The van der Waals surface area contributed by atoms with E-state index in [1.807, 2.05) is 24.3 Å². The molecule has 0 saturated heterocycles. The van der Waals surface area contributed by atoms with Gasteiger partial charge in [-0.25, -0.2) is 9.97 Å². The highest BCUT2D eigenvalue weighted by molar-refractivity contribution is 6.30. The van der Waals surface area contributed by atoms with E-state index in [1.165, 1.54) is 12.4 Å². The van der Waals surface area contributed by atoms with E-state index in [2.05, 4.69) is 20.6 Å². The second-order valence-electron chi connectivity index (χ2n) is 5.80. The Morgan fingerprint density at radius 3 is 2.32 bits per heavy atom. The molecule has 1 aromatic heterocycles. The zero-order valence-electron chi connectivity index (χ0n) is 15.4. The number of halogens is 1. The largest absolute Gasteiger partial charge is 0.493 e. The second-order valence-corrected chi connectivity index (χ2v) is 6.24. The predicted molar refractivity (Wildman–Crippen MR) is 107 cm³/mol. The minimum absolute atomic E-state index is 0.271. The summed E-state index contributed by atoms with van der Waals surface area (Å²) >= 11 is 5.86. The van der Waals surface area contributed by atoms with Gasteiger partial charge in [-0.1, -0.05) is 17.7 Å². The molecule has 0 aliphatic heterocycles. The molecule has 3 rings (SSSR count). The number of benzene rings is 2. The van der Waals surface area contributed by atoms with E-state index in [9.17, 15) is 4.79 Å². The van der Waals surface area contributed by atoms with Crippen molar-refractivity contribution >= 4 is 29.1 Å². The van der Waals surface area contributed by atoms with Crippen LogP contribution >= 0.6 is 11.6 Å². The molecule has 2 N–H and O–H groups in total. The molecule has 0 unspecified atom stereocenters. The van der Waals surface area contributed by atoms with E-state index in [1.54, 1.807) is 32.4 Å². The van der Waals surface area contributed by atoms with Crippen molar-refractivity contribution in [3.8, 4) is 11.5 Å². The molecule has 8 heteroatoms. The molecule has 28 heavy (non-hydrogen) atoms. The van der Waals surface area contributed by atoms with Crippen molar-refractivity contribution in [3.63, 3.8) is 0 Å². The van der Waals surface area contributed by atoms with Gasteiger partial charge < -0.3 is 20.1 Å². The topological polar surface area (TPSA) is 85.4 Å². The second kappa shape index (κ2) is 9.05. The van der Waals surface area contributed by atoms with Crippen LogP contribution in [0.25, 0.3) is 0 Å². The van der Waals surface area contributed by atoms with Gasteiger partial charge in [-0.3, -0.25) is 4.79 Å². The number of rotatable bonds is 7. The van der Waals surface area contributed by atoms with Crippen molar-refractivity contribution in [1.29, 1.82) is 0 Å². The van der Waals surface area contributed by atoms with Crippen molar-refractivity contribution in [3.05, 3.63) is 71.0 Å². The molecular weight excluding hydrogens is 380 g/mol. The molecule has 2 aromatic carbocycles. The van der Waals surface area contributed by atoms with Gasteiger partial charge >= 0.3 is 0 Å². The van der Waals surface area contributed by atoms with Gasteiger partial charge in [0.25, 0.3) is 5.91 Å². The van der Waals surface area contributed by atoms with Gasteiger partial charge in [0, 0.05) is 29.6 Å². The first-order valence-corrected chi connectivity index (χ1v) is 8.80. The van der Waals surface area contributed by atoms with E-state index in [0.717, 1.165) is 11.3 Å². The fourth-order valence-electron chi connectivity index (χ4n) is 2.45. The first-order chi connectivity index (χ1) is 13.6. The molecule has 0 aliphatic rings. The van der Waals surface area contributed by atoms with Gasteiger partial charge in [0.1, 0.15) is 0 Å². The summed E-state index contributed by atoms with van der Waals surface area (Å²) in [4.78, 5) is 20.7. The average Bonchev–Trinajstić information content (AvgIpc) is 2.74. The summed E-state index contributed by atoms with van der Waals surface area (Å²) in [5, 5.41) is 6.52. The third-order valence-electron chi connectivity index (χ3n) is 3.92. The smallest absolute Gasteiger partial charge is 0.254 e. The maximum absolute atomic E-state index is 12.3. The third-order valence-corrected chi connectivity index (χ3v) is 4.17. The van der Waals surface area contributed by atoms with Crippen LogP contribution in [0.5, 0.6) is 11.5 Å². The Balaban J connectivity index is 1.59. The Hall–Kier alpha value is -3.32. The van der Waals surface area contributed by atoms with E-state index in [0.29, 0.717) is 34.6 Å². The number of amides is 1. The van der Waals surface area contributed by atoms with E-state index >= 15 is 0 Å². The Morgan fingerprint density at radius 1 is 1.00 bits per heavy atom. The Kier molecular flexibility index (Phi) is 6.29. The van der Waals surface area contributed by atoms with Gasteiger partial charge in [0.15, 0.2) is 11.5 Å². The van der Waals surface area contributed by atoms with Crippen LogP contribution in [0.15, 0.2) is 54.9 Å². The molecule has 7 nitrogen and oxygen atoms in total. The standard InChI is InChI=1S/C20H19ClN4O3/c1-27-17-8-3-13(9-18(17)28-2)10-22-19(26)14-11-23-20(24-12-14)25-16-6-4-15(21)5-7-16/h3-9,11-12H,10H2,1-2H3,(H,22,26)(H,23,24,25). The monoisotopic (exact) mass is 398 g/mol. The summed E-state index contributed by atoms with van der Waals surface area (Å²) in [6.45, 7) is 0.337. The number of carbonyl (C=O) groups excluding carboxylic acids is 1. The van der Waals surface area contributed by atoms with Crippen molar-refractivity contribution in [2.45, 2.75) is 6.54 Å². The zero-order chi connectivity index (χ0) is 19.9. The van der Waals surface area contributed by atoms with E-state index < -0.39 is 0 Å². The fraction of sp³-hybridized carbons (Fsp3) is 0.150. The predicted octanol–water partition coefficient (Wildman–Crippen LogP) is 3.82. The SMILES string of the molecule is COc1ccc(CNC(=O)c2cnc(Nc3ccc(Cl)cc3)nc2)cc1OC. The third kappa shape index (κ3) is 4.89. The lowest BCUT2D eigenvalue weighted by Gasteiger charge is -2.10. The molecule has 0 bridgehead atoms. The molecule has 0 radical (unpaired) electrons. The molecule has 0 saturated carbocycles. The molecule has 1 amide bonds. The Labute approximate surface area is 167 Å². The number of nitrogens with one attached hydrogen (secondary N) is 2. The van der Waals surface area contributed by atoms with Crippen LogP contribution in [0.3, 0.4) is 0 Å². The summed E-state index contributed by atoms with van der Waals surface area (Å²) in [7, 11) is 3.14. The van der Waals surface area contributed by atoms with Gasteiger partial charge in [0.2, 0.25) is 5.95 Å². The summed E-state index contributed by atoms with van der Waals surface area (Å²) in [6, 6.07) is 12.6. The van der Waals surface area contributed by atoms with Crippen molar-refractivity contribution in [2.24, 2.45) is 0 Å². The van der Waals surface area contributed by atoms with Crippen LogP contribution in [0.2, 0.25) is 5.02 Å². The maximum atomic E-state index is 12.3. The number of anilines is 2. The first kappa shape index (κ1) is 19.4. The van der Waals surface area contributed by atoms with Crippen LogP contribution < -0.4 is 20.1 Å². The van der Waals surface area contributed by atoms with Crippen LogP contribution in [0.4, 0.5) is 11.6 Å². The Bertz CT molecular complexity index is 947. The van der Waals surface area contributed by atoms with Gasteiger partial charge in [-0.2, -0.15) is 0 Å². The number of aromatic nitrogens is 2. The lowest BCUT2D eigenvalue weighted by Crippen LogP contribution is -2.23. The van der Waals surface area contributed by atoms with Crippen LogP contribution in [0, 0.1) is 0 Å². The highest BCUT2D eigenvalue weighted by Gasteiger charge is 2.09. The van der Waals surface area contributed by atoms with Gasteiger partial charge in [0.05, 0.1) is 19.8 Å². The Morgan fingerprint density at radius 2 is 1.68 bits per heavy atom.